The van der Waals surface area contributed by atoms with E-state index in [1.165, 1.54) is 38.5 Å². The molecule has 1 aliphatic carbocycles. The summed E-state index contributed by atoms with van der Waals surface area (Å²) in [5.41, 5.74) is 6.58. The SMILES string of the molecule is CCCC1CCC(Nc2cc(C)nc(N)n2)CC1. The van der Waals surface area contributed by atoms with Gasteiger partial charge in [-0.05, 0) is 38.5 Å². The molecule has 1 fully saturated rings. The molecule has 0 spiro atoms. The van der Waals surface area contributed by atoms with Gasteiger partial charge in [0.05, 0.1) is 0 Å². The minimum absolute atomic E-state index is 0.358. The molecule has 1 aliphatic rings. The Morgan fingerprint density at radius 1 is 1.28 bits per heavy atom. The van der Waals surface area contributed by atoms with Crippen LogP contribution in [0.3, 0.4) is 0 Å². The van der Waals surface area contributed by atoms with Crippen LogP contribution in [0.5, 0.6) is 0 Å². The van der Waals surface area contributed by atoms with E-state index in [1.54, 1.807) is 0 Å². The van der Waals surface area contributed by atoms with Crippen LogP contribution in [0.4, 0.5) is 11.8 Å². The standard InChI is InChI=1S/C14H24N4/c1-3-4-11-5-7-12(8-6-11)17-13-9-10(2)16-14(15)18-13/h9,11-12H,3-8H2,1-2H3,(H3,15,16,17,18). The summed E-state index contributed by atoms with van der Waals surface area (Å²) in [4.78, 5) is 8.33. The molecule has 1 aromatic heterocycles. The number of hydrogen-bond donors (Lipinski definition) is 2. The first-order chi connectivity index (χ1) is 8.67. The number of nitrogens with one attached hydrogen (secondary N) is 1. The summed E-state index contributed by atoms with van der Waals surface area (Å²) in [6, 6.07) is 2.51. The molecule has 2 rings (SSSR count). The van der Waals surface area contributed by atoms with E-state index in [1.807, 2.05) is 13.0 Å². The fraction of sp³-hybridized carbons (Fsp3) is 0.714. The Kier molecular flexibility index (Phi) is 4.39. The Morgan fingerprint density at radius 3 is 2.61 bits per heavy atom. The van der Waals surface area contributed by atoms with Gasteiger partial charge in [0.2, 0.25) is 5.95 Å². The van der Waals surface area contributed by atoms with Gasteiger partial charge in [-0.15, -0.1) is 0 Å². The van der Waals surface area contributed by atoms with Crippen LogP contribution in [-0.2, 0) is 0 Å². The molecule has 0 atom stereocenters. The van der Waals surface area contributed by atoms with Crippen molar-refractivity contribution >= 4 is 11.8 Å². The van der Waals surface area contributed by atoms with Gasteiger partial charge in [-0.1, -0.05) is 19.8 Å². The van der Waals surface area contributed by atoms with Gasteiger partial charge in [0.15, 0.2) is 0 Å². The highest BCUT2D eigenvalue weighted by atomic mass is 15.1. The third-order valence-corrected chi connectivity index (χ3v) is 3.77. The van der Waals surface area contributed by atoms with Crippen molar-refractivity contribution in [3.05, 3.63) is 11.8 Å². The first kappa shape index (κ1) is 13.1. The Balaban J connectivity index is 1.87. The fourth-order valence-electron chi connectivity index (χ4n) is 2.88. The van der Waals surface area contributed by atoms with Gasteiger partial charge in [-0.25, -0.2) is 4.98 Å². The molecule has 0 aromatic carbocycles. The van der Waals surface area contributed by atoms with E-state index in [4.69, 9.17) is 5.73 Å². The van der Waals surface area contributed by atoms with E-state index >= 15 is 0 Å². The zero-order chi connectivity index (χ0) is 13.0. The molecule has 0 aliphatic heterocycles. The van der Waals surface area contributed by atoms with Crippen LogP contribution in [0.1, 0.15) is 51.1 Å². The van der Waals surface area contributed by atoms with Gasteiger partial charge in [0.1, 0.15) is 5.82 Å². The van der Waals surface area contributed by atoms with E-state index < -0.39 is 0 Å². The minimum atomic E-state index is 0.358. The average molecular weight is 248 g/mol. The molecule has 18 heavy (non-hydrogen) atoms. The lowest BCUT2D eigenvalue weighted by Gasteiger charge is -2.29. The highest BCUT2D eigenvalue weighted by Gasteiger charge is 2.20. The second-order valence-electron chi connectivity index (χ2n) is 5.40. The van der Waals surface area contributed by atoms with Crippen molar-refractivity contribution in [1.29, 1.82) is 0 Å². The monoisotopic (exact) mass is 248 g/mol. The first-order valence-corrected chi connectivity index (χ1v) is 7.05. The molecular formula is C14H24N4. The number of aromatic nitrogens is 2. The summed E-state index contributed by atoms with van der Waals surface area (Å²) in [6.45, 7) is 4.22. The molecule has 1 aromatic rings. The number of nitrogens with two attached hydrogens (primary N) is 1. The quantitative estimate of drug-likeness (QED) is 0.859. The summed E-state index contributed by atoms with van der Waals surface area (Å²) in [5, 5.41) is 3.49. The van der Waals surface area contributed by atoms with Crippen molar-refractivity contribution in [3.63, 3.8) is 0 Å². The highest BCUT2D eigenvalue weighted by Crippen LogP contribution is 2.29. The van der Waals surface area contributed by atoms with E-state index in [0.717, 1.165) is 17.4 Å². The van der Waals surface area contributed by atoms with E-state index in [2.05, 4.69) is 22.2 Å². The third-order valence-electron chi connectivity index (χ3n) is 3.77. The molecule has 3 N–H and O–H groups in total. The number of anilines is 2. The lowest BCUT2D eigenvalue weighted by atomic mass is 9.83. The second kappa shape index (κ2) is 6.03. The van der Waals surface area contributed by atoms with Crippen LogP contribution in [-0.4, -0.2) is 16.0 Å². The molecule has 0 amide bonds. The van der Waals surface area contributed by atoms with Crippen LogP contribution in [0.25, 0.3) is 0 Å². The fourth-order valence-corrected chi connectivity index (χ4v) is 2.88. The van der Waals surface area contributed by atoms with Crippen molar-refractivity contribution in [2.45, 2.75) is 58.4 Å². The van der Waals surface area contributed by atoms with Crippen molar-refractivity contribution < 1.29 is 0 Å². The number of rotatable bonds is 4. The van der Waals surface area contributed by atoms with Crippen molar-refractivity contribution in [3.8, 4) is 0 Å². The number of aryl methyl sites for hydroxylation is 1. The van der Waals surface area contributed by atoms with E-state index in [0.29, 0.717) is 12.0 Å². The highest BCUT2D eigenvalue weighted by molar-refractivity contribution is 5.41. The lowest BCUT2D eigenvalue weighted by Crippen LogP contribution is -2.26. The molecule has 0 saturated heterocycles. The molecule has 100 valence electrons. The predicted molar refractivity (Wildman–Crippen MR) is 75.5 cm³/mol. The van der Waals surface area contributed by atoms with Crippen LogP contribution < -0.4 is 11.1 Å². The smallest absolute Gasteiger partial charge is 0.222 e. The number of nitrogens with zero attached hydrogens (tertiary/aromatic N) is 2. The molecule has 0 unspecified atom stereocenters. The summed E-state index contributed by atoms with van der Waals surface area (Å²) >= 11 is 0. The maximum absolute atomic E-state index is 5.66. The van der Waals surface area contributed by atoms with Crippen molar-refractivity contribution in [2.24, 2.45) is 5.92 Å². The topological polar surface area (TPSA) is 63.8 Å². The summed E-state index contributed by atoms with van der Waals surface area (Å²) in [6.07, 6.45) is 7.86. The predicted octanol–water partition coefficient (Wildman–Crippen LogP) is 3.14. The van der Waals surface area contributed by atoms with Gasteiger partial charge in [0.25, 0.3) is 0 Å². The molecule has 1 heterocycles. The average Bonchev–Trinajstić information content (AvgIpc) is 2.31. The second-order valence-corrected chi connectivity index (χ2v) is 5.40. The zero-order valence-electron chi connectivity index (χ0n) is 11.4. The van der Waals surface area contributed by atoms with E-state index in [-0.39, 0.29) is 0 Å². The number of nitrogen functional groups attached to an aromatic ring is 1. The summed E-state index contributed by atoms with van der Waals surface area (Å²) in [7, 11) is 0. The lowest BCUT2D eigenvalue weighted by molar-refractivity contribution is 0.318. The maximum atomic E-state index is 5.66. The maximum Gasteiger partial charge on any atom is 0.222 e. The first-order valence-electron chi connectivity index (χ1n) is 7.05. The molecule has 4 heteroatoms. The van der Waals surface area contributed by atoms with Gasteiger partial charge in [-0.3, -0.25) is 0 Å². The van der Waals surface area contributed by atoms with Crippen LogP contribution >= 0.6 is 0 Å². The largest absolute Gasteiger partial charge is 0.368 e. The Labute approximate surface area is 109 Å². The van der Waals surface area contributed by atoms with Crippen molar-refractivity contribution in [1.82, 2.24) is 9.97 Å². The van der Waals surface area contributed by atoms with Crippen LogP contribution in [0.15, 0.2) is 6.07 Å². The summed E-state index contributed by atoms with van der Waals surface area (Å²) in [5.74, 6) is 2.17. The molecule has 1 saturated carbocycles. The minimum Gasteiger partial charge on any atom is -0.368 e. The Bertz CT molecular complexity index is 363. The molecule has 4 nitrogen and oxygen atoms in total. The third kappa shape index (κ3) is 3.59. The normalized spacial score (nSPS) is 23.9. The number of hydrogen-bond acceptors (Lipinski definition) is 4. The van der Waals surface area contributed by atoms with Gasteiger partial charge >= 0.3 is 0 Å². The van der Waals surface area contributed by atoms with Gasteiger partial charge in [-0.2, -0.15) is 4.98 Å². The molecular weight excluding hydrogens is 224 g/mol. The van der Waals surface area contributed by atoms with Crippen LogP contribution in [0.2, 0.25) is 0 Å². The van der Waals surface area contributed by atoms with E-state index in [9.17, 15) is 0 Å². The van der Waals surface area contributed by atoms with Gasteiger partial charge in [0, 0.05) is 17.8 Å². The Hall–Kier alpha value is -1.32. The zero-order valence-corrected chi connectivity index (χ0v) is 11.4. The molecule has 0 radical (unpaired) electrons. The Morgan fingerprint density at radius 2 is 2.00 bits per heavy atom. The van der Waals surface area contributed by atoms with Gasteiger partial charge < -0.3 is 11.1 Å². The van der Waals surface area contributed by atoms with Crippen LogP contribution in [0, 0.1) is 12.8 Å². The molecule has 0 bridgehead atoms. The summed E-state index contributed by atoms with van der Waals surface area (Å²) < 4.78 is 0. The van der Waals surface area contributed by atoms with Crippen molar-refractivity contribution in [2.75, 3.05) is 11.1 Å².